The van der Waals surface area contributed by atoms with Gasteiger partial charge in [-0.3, -0.25) is 9.89 Å². The summed E-state index contributed by atoms with van der Waals surface area (Å²) in [4.78, 5) is 4.62. The second-order valence-corrected chi connectivity index (χ2v) is 2.33. The lowest BCUT2D eigenvalue weighted by atomic mass is 10.6. The molecule has 0 amide bonds. The van der Waals surface area contributed by atoms with Crippen LogP contribution in [-0.4, -0.2) is 29.3 Å². The lowest BCUT2D eigenvalue weighted by Gasteiger charge is -2.13. The molecule has 0 aromatic carbocycles. The zero-order chi connectivity index (χ0) is 6.85. The Morgan fingerprint density at radius 2 is 2.33 bits per heavy atom. The molecule has 0 spiro atoms. The van der Waals surface area contributed by atoms with E-state index in [1.165, 1.54) is 0 Å². The smallest absolute Gasteiger partial charge is 0.293 e. The maximum Gasteiger partial charge on any atom is 0.316 e. The number of rotatable bonds is 1. The van der Waals surface area contributed by atoms with Crippen LogP contribution >= 0.6 is 15.9 Å². The number of alkyl halides is 2. The maximum atomic E-state index is 11.8. The lowest BCUT2D eigenvalue weighted by Crippen LogP contribution is -2.29. The van der Waals surface area contributed by atoms with E-state index in [-0.39, 0.29) is 4.74 Å². The van der Waals surface area contributed by atoms with Crippen LogP contribution in [0.3, 0.4) is 0 Å². The molecule has 0 bridgehead atoms. The molecule has 0 N–H and O–H groups in total. The minimum Gasteiger partial charge on any atom is -0.293 e. The highest BCUT2D eigenvalue weighted by atomic mass is 79.9. The number of amidine groups is 1. The van der Waals surface area contributed by atoms with Gasteiger partial charge in [-0.05, 0) is 15.9 Å². The Hall–Kier alpha value is -0.190. The molecule has 1 aliphatic rings. The van der Waals surface area contributed by atoms with Crippen molar-refractivity contribution in [2.45, 2.75) is 6.55 Å². The van der Waals surface area contributed by atoms with Gasteiger partial charge in [0.1, 0.15) is 0 Å². The van der Waals surface area contributed by atoms with Gasteiger partial charge in [0.25, 0.3) is 0 Å². The molecule has 2 nitrogen and oxygen atoms in total. The predicted molar refractivity (Wildman–Crippen MR) is 33.9 cm³/mol. The Morgan fingerprint density at radius 3 is 2.56 bits per heavy atom. The molecule has 0 atom stereocenters. The Kier molecular flexibility index (Phi) is 2.00. The normalized spacial score (nSPS) is 19.1. The fourth-order valence-corrected chi connectivity index (χ4v) is 1.12. The average Bonchev–Trinajstić information content (AvgIpc) is 2.13. The second kappa shape index (κ2) is 2.60. The number of hydrogen-bond donors (Lipinski definition) is 0. The quantitative estimate of drug-likeness (QED) is 0.580. The second-order valence-electron chi connectivity index (χ2n) is 1.62. The molecule has 52 valence electrons. The Morgan fingerprint density at radius 1 is 1.67 bits per heavy atom. The van der Waals surface area contributed by atoms with Gasteiger partial charge in [-0.25, -0.2) is 0 Å². The molecule has 0 fully saturated rings. The van der Waals surface area contributed by atoms with E-state index in [1.807, 2.05) is 0 Å². The summed E-state index contributed by atoms with van der Waals surface area (Å²) in [5, 5.41) is 0. The molecule has 0 aromatic rings. The molecule has 9 heavy (non-hydrogen) atoms. The first kappa shape index (κ1) is 6.92. The molecular weight excluding hydrogens is 194 g/mol. The third-order valence-corrected chi connectivity index (χ3v) is 1.76. The van der Waals surface area contributed by atoms with E-state index in [1.54, 1.807) is 0 Å². The first-order valence-electron chi connectivity index (χ1n) is 2.46. The largest absolute Gasteiger partial charge is 0.316 e. The van der Waals surface area contributed by atoms with E-state index in [0.29, 0.717) is 13.1 Å². The van der Waals surface area contributed by atoms with Crippen molar-refractivity contribution < 1.29 is 8.78 Å². The summed E-state index contributed by atoms with van der Waals surface area (Å²) in [6.07, 6.45) is 0. The van der Waals surface area contributed by atoms with Gasteiger partial charge in [-0.1, -0.05) is 0 Å². The van der Waals surface area contributed by atoms with Gasteiger partial charge in [-0.2, -0.15) is 8.78 Å². The minimum atomic E-state index is -2.43. The summed E-state index contributed by atoms with van der Waals surface area (Å²) in [6, 6.07) is 0. The van der Waals surface area contributed by atoms with Gasteiger partial charge in [0.15, 0.2) is 4.74 Å². The SMILES string of the molecule is FC(F)N1CCN=C1Br. The summed E-state index contributed by atoms with van der Waals surface area (Å²) < 4.78 is 23.9. The van der Waals surface area contributed by atoms with Gasteiger partial charge < -0.3 is 0 Å². The van der Waals surface area contributed by atoms with Crippen molar-refractivity contribution in [3.05, 3.63) is 0 Å². The van der Waals surface area contributed by atoms with Crippen molar-refractivity contribution in [3.63, 3.8) is 0 Å². The summed E-state index contributed by atoms with van der Waals surface area (Å²) in [5.74, 6) is 0. The fourth-order valence-electron chi connectivity index (χ4n) is 0.611. The monoisotopic (exact) mass is 198 g/mol. The lowest BCUT2D eigenvalue weighted by molar-refractivity contribution is 0.0305. The van der Waals surface area contributed by atoms with Crippen molar-refractivity contribution in [1.29, 1.82) is 0 Å². The molecule has 0 unspecified atom stereocenters. The summed E-state index contributed by atoms with van der Waals surface area (Å²) in [7, 11) is 0. The Balaban J connectivity index is 2.53. The number of aliphatic imine (C=N–C) groups is 1. The van der Waals surface area contributed by atoms with Crippen LogP contribution in [0.2, 0.25) is 0 Å². The van der Waals surface area contributed by atoms with Crippen molar-refractivity contribution >= 4 is 20.7 Å². The third kappa shape index (κ3) is 1.38. The van der Waals surface area contributed by atoms with E-state index < -0.39 is 6.55 Å². The zero-order valence-corrected chi connectivity index (χ0v) is 6.11. The van der Waals surface area contributed by atoms with Crippen LogP contribution in [-0.2, 0) is 0 Å². The fraction of sp³-hybridized carbons (Fsp3) is 0.750. The zero-order valence-electron chi connectivity index (χ0n) is 4.52. The first-order valence-corrected chi connectivity index (χ1v) is 3.26. The van der Waals surface area contributed by atoms with E-state index in [0.717, 1.165) is 4.90 Å². The molecule has 5 heteroatoms. The van der Waals surface area contributed by atoms with Gasteiger partial charge in [0, 0.05) is 6.54 Å². The highest BCUT2D eigenvalue weighted by Crippen LogP contribution is 2.12. The topological polar surface area (TPSA) is 15.6 Å². The van der Waals surface area contributed by atoms with Gasteiger partial charge >= 0.3 is 6.55 Å². The molecule has 1 heterocycles. The van der Waals surface area contributed by atoms with E-state index in [9.17, 15) is 8.78 Å². The summed E-state index contributed by atoms with van der Waals surface area (Å²) in [6.45, 7) is -1.64. The standard InChI is InChI=1S/C4H5BrF2N2/c5-3-8-1-2-9(3)4(6)7/h4H,1-2H2. The van der Waals surface area contributed by atoms with Crippen LogP contribution < -0.4 is 0 Å². The van der Waals surface area contributed by atoms with Crippen molar-refractivity contribution in [1.82, 2.24) is 4.90 Å². The van der Waals surface area contributed by atoms with Crippen molar-refractivity contribution in [2.75, 3.05) is 13.1 Å². The molecule has 0 aliphatic carbocycles. The molecule has 0 saturated carbocycles. The molecule has 0 aromatic heterocycles. The summed E-state index contributed by atoms with van der Waals surface area (Å²) in [5.41, 5.74) is 0. The molecule has 1 rings (SSSR count). The van der Waals surface area contributed by atoms with Crippen LogP contribution in [0.4, 0.5) is 8.78 Å². The Bertz CT molecular complexity index is 137. The van der Waals surface area contributed by atoms with Crippen LogP contribution in [0.15, 0.2) is 4.99 Å². The van der Waals surface area contributed by atoms with E-state index >= 15 is 0 Å². The van der Waals surface area contributed by atoms with Crippen LogP contribution in [0, 0.1) is 0 Å². The number of nitrogens with zero attached hydrogens (tertiary/aromatic N) is 2. The van der Waals surface area contributed by atoms with Crippen LogP contribution in [0.25, 0.3) is 0 Å². The molecule has 0 saturated heterocycles. The van der Waals surface area contributed by atoms with Crippen LogP contribution in [0.1, 0.15) is 0 Å². The van der Waals surface area contributed by atoms with Crippen molar-refractivity contribution in [3.8, 4) is 0 Å². The van der Waals surface area contributed by atoms with E-state index in [4.69, 9.17) is 0 Å². The molecular formula is C4H5BrF2N2. The first-order chi connectivity index (χ1) is 4.22. The summed E-state index contributed by atoms with van der Waals surface area (Å²) >= 11 is 2.90. The maximum absolute atomic E-state index is 11.8. The highest BCUT2D eigenvalue weighted by Gasteiger charge is 2.21. The average molecular weight is 199 g/mol. The number of hydrogen-bond acceptors (Lipinski definition) is 2. The molecule has 1 aliphatic heterocycles. The van der Waals surface area contributed by atoms with Gasteiger partial charge in [0.05, 0.1) is 6.54 Å². The number of halogens is 3. The van der Waals surface area contributed by atoms with Gasteiger partial charge in [-0.15, -0.1) is 0 Å². The minimum absolute atomic E-state index is 0.262. The predicted octanol–water partition coefficient (Wildman–Crippen LogP) is 1.28. The third-order valence-electron chi connectivity index (χ3n) is 1.06. The highest BCUT2D eigenvalue weighted by molar-refractivity contribution is 9.18. The molecule has 0 radical (unpaired) electrons. The van der Waals surface area contributed by atoms with Gasteiger partial charge in [0.2, 0.25) is 0 Å². The van der Waals surface area contributed by atoms with Crippen molar-refractivity contribution in [2.24, 2.45) is 4.99 Å². The Labute approximate surface area is 59.7 Å². The van der Waals surface area contributed by atoms with E-state index in [2.05, 4.69) is 20.9 Å². The van der Waals surface area contributed by atoms with Crippen LogP contribution in [0.5, 0.6) is 0 Å².